The zero-order valence-electron chi connectivity index (χ0n) is 22.6. The number of aryl methyl sites for hydroxylation is 1. The highest BCUT2D eigenvalue weighted by Crippen LogP contribution is 2.25. The van der Waals surface area contributed by atoms with Gasteiger partial charge in [-0.15, -0.1) is 0 Å². The fourth-order valence-corrected chi connectivity index (χ4v) is 6.38. The van der Waals surface area contributed by atoms with Gasteiger partial charge in [0.05, 0.1) is 31.8 Å². The van der Waals surface area contributed by atoms with E-state index in [1.54, 1.807) is 29.3 Å². The molecule has 4 aromatic rings. The second kappa shape index (κ2) is 12.7. The standard InChI is InChI=1S/C30H34N4O5S/c1-24-12-13-27(39-24)22-33(21-25-7-3-2-4-8-25)29(35)23-34(16-15-32-17-19-38-20-18-32)40(36,37)28-11-5-9-26-10-6-14-31-30(26)28/h2-14H,15-23H2,1H3. The number of fused-ring (bicyclic) bond motifs is 1. The molecule has 2 aromatic heterocycles. The van der Waals surface area contributed by atoms with E-state index >= 15 is 0 Å². The van der Waals surface area contributed by atoms with Gasteiger partial charge in [0.2, 0.25) is 15.9 Å². The molecule has 210 valence electrons. The minimum atomic E-state index is -4.06. The van der Waals surface area contributed by atoms with E-state index in [1.807, 2.05) is 61.5 Å². The predicted molar refractivity (Wildman–Crippen MR) is 152 cm³/mol. The van der Waals surface area contributed by atoms with Gasteiger partial charge in [-0.1, -0.05) is 48.5 Å². The average Bonchev–Trinajstić information content (AvgIpc) is 3.39. The van der Waals surface area contributed by atoms with E-state index in [9.17, 15) is 13.2 Å². The summed E-state index contributed by atoms with van der Waals surface area (Å²) in [5, 5.41) is 0.724. The molecule has 10 heteroatoms. The first-order valence-corrected chi connectivity index (χ1v) is 14.9. The number of pyridine rings is 1. The Kier molecular flexibility index (Phi) is 8.91. The Morgan fingerprint density at radius 3 is 2.48 bits per heavy atom. The number of morpholine rings is 1. The summed E-state index contributed by atoms with van der Waals surface area (Å²) in [7, 11) is -4.06. The summed E-state index contributed by atoms with van der Waals surface area (Å²) < 4.78 is 40.8. The minimum absolute atomic E-state index is 0.0941. The van der Waals surface area contributed by atoms with Gasteiger partial charge < -0.3 is 14.1 Å². The van der Waals surface area contributed by atoms with E-state index in [-0.39, 0.29) is 30.4 Å². The van der Waals surface area contributed by atoms with Crippen LogP contribution in [0, 0.1) is 6.92 Å². The maximum atomic E-state index is 14.2. The Labute approximate surface area is 235 Å². The summed E-state index contributed by atoms with van der Waals surface area (Å²) in [5.74, 6) is 1.08. The Bertz CT molecular complexity index is 1530. The largest absolute Gasteiger partial charge is 0.464 e. The van der Waals surface area contributed by atoms with Crippen molar-refractivity contribution in [3.8, 4) is 0 Å². The molecule has 1 amide bonds. The van der Waals surface area contributed by atoms with Crippen molar-refractivity contribution in [1.29, 1.82) is 0 Å². The lowest BCUT2D eigenvalue weighted by Gasteiger charge is -2.31. The molecule has 0 atom stereocenters. The van der Waals surface area contributed by atoms with E-state index in [0.717, 1.165) is 29.8 Å². The maximum Gasteiger partial charge on any atom is 0.245 e. The van der Waals surface area contributed by atoms with Gasteiger partial charge in [0.25, 0.3) is 0 Å². The second-order valence-electron chi connectivity index (χ2n) is 9.87. The number of ether oxygens (including phenoxy) is 1. The van der Waals surface area contributed by atoms with Crippen LogP contribution in [0.15, 0.2) is 88.3 Å². The molecule has 0 unspecified atom stereocenters. The van der Waals surface area contributed by atoms with E-state index < -0.39 is 10.0 Å². The molecule has 0 bridgehead atoms. The molecular weight excluding hydrogens is 528 g/mol. The van der Waals surface area contributed by atoms with Crippen LogP contribution < -0.4 is 0 Å². The quantitative estimate of drug-likeness (QED) is 0.275. The molecule has 0 saturated carbocycles. The van der Waals surface area contributed by atoms with Gasteiger partial charge in [0, 0.05) is 44.3 Å². The molecule has 0 aliphatic carbocycles. The van der Waals surface area contributed by atoms with Crippen LogP contribution in [0.3, 0.4) is 0 Å². The van der Waals surface area contributed by atoms with Gasteiger partial charge in [-0.2, -0.15) is 4.31 Å². The summed E-state index contributed by atoms with van der Waals surface area (Å²) >= 11 is 0. The third-order valence-corrected chi connectivity index (χ3v) is 8.88. The normalized spacial score (nSPS) is 14.6. The number of para-hydroxylation sites is 1. The van der Waals surface area contributed by atoms with Crippen LogP contribution in [-0.2, 0) is 32.6 Å². The first kappa shape index (κ1) is 28.0. The van der Waals surface area contributed by atoms with E-state index in [1.165, 1.54) is 4.31 Å². The first-order valence-electron chi connectivity index (χ1n) is 13.4. The molecule has 9 nitrogen and oxygen atoms in total. The summed E-state index contributed by atoms with van der Waals surface area (Å²) in [6.07, 6.45) is 1.58. The van der Waals surface area contributed by atoms with E-state index in [2.05, 4.69) is 9.88 Å². The second-order valence-corrected chi connectivity index (χ2v) is 11.8. The smallest absolute Gasteiger partial charge is 0.245 e. The molecule has 0 radical (unpaired) electrons. The molecule has 5 rings (SSSR count). The molecule has 1 aliphatic rings. The fourth-order valence-electron chi connectivity index (χ4n) is 4.83. The fraction of sp³-hybridized carbons (Fsp3) is 0.333. The van der Waals surface area contributed by atoms with Crippen molar-refractivity contribution in [3.05, 3.63) is 96.1 Å². The lowest BCUT2D eigenvalue weighted by atomic mass is 10.2. The number of carbonyl (C=O) groups is 1. The molecule has 40 heavy (non-hydrogen) atoms. The van der Waals surface area contributed by atoms with Gasteiger partial charge in [0.15, 0.2) is 0 Å². The van der Waals surface area contributed by atoms with Crippen molar-refractivity contribution < 1.29 is 22.4 Å². The number of aromatic nitrogens is 1. The number of nitrogens with zero attached hydrogens (tertiary/aromatic N) is 4. The molecule has 3 heterocycles. The Morgan fingerprint density at radius 2 is 1.73 bits per heavy atom. The zero-order chi connectivity index (χ0) is 28.0. The highest BCUT2D eigenvalue weighted by atomic mass is 32.2. The molecule has 0 spiro atoms. The Balaban J connectivity index is 1.44. The van der Waals surface area contributed by atoms with Crippen LogP contribution in [0.25, 0.3) is 10.9 Å². The number of hydrogen-bond donors (Lipinski definition) is 0. The highest BCUT2D eigenvalue weighted by Gasteiger charge is 2.31. The lowest BCUT2D eigenvalue weighted by molar-refractivity contribution is -0.133. The number of sulfonamides is 1. The van der Waals surface area contributed by atoms with Crippen LogP contribution in [0.1, 0.15) is 17.1 Å². The summed E-state index contributed by atoms with van der Waals surface area (Å²) in [6.45, 7) is 5.40. The summed E-state index contributed by atoms with van der Waals surface area (Å²) in [6, 6.07) is 22.1. The number of furan rings is 1. The van der Waals surface area contributed by atoms with E-state index in [4.69, 9.17) is 9.15 Å². The first-order chi connectivity index (χ1) is 19.4. The molecule has 1 fully saturated rings. The Morgan fingerprint density at radius 1 is 0.950 bits per heavy atom. The van der Waals surface area contributed by atoms with Gasteiger partial charge in [0.1, 0.15) is 16.4 Å². The van der Waals surface area contributed by atoms with Crippen LogP contribution in [0.4, 0.5) is 0 Å². The molecule has 1 aliphatic heterocycles. The van der Waals surface area contributed by atoms with Crippen LogP contribution in [-0.4, -0.2) is 79.4 Å². The van der Waals surface area contributed by atoms with Crippen LogP contribution in [0.5, 0.6) is 0 Å². The predicted octanol–water partition coefficient (Wildman–Crippen LogP) is 3.69. The number of hydrogen-bond acceptors (Lipinski definition) is 7. The minimum Gasteiger partial charge on any atom is -0.464 e. The van der Waals surface area contributed by atoms with E-state index in [0.29, 0.717) is 37.6 Å². The lowest BCUT2D eigenvalue weighted by Crippen LogP contribution is -2.47. The summed E-state index contributed by atoms with van der Waals surface area (Å²) in [5.41, 5.74) is 1.33. The highest BCUT2D eigenvalue weighted by molar-refractivity contribution is 7.89. The SMILES string of the molecule is Cc1ccc(CN(Cc2ccccc2)C(=O)CN(CCN2CCOCC2)S(=O)(=O)c2cccc3cccnc23)o1. The molecular formula is C30H34N4O5S. The van der Waals surface area contributed by atoms with Crippen LogP contribution in [0.2, 0.25) is 0 Å². The van der Waals surface area contributed by atoms with Gasteiger partial charge in [-0.05, 0) is 36.8 Å². The zero-order valence-corrected chi connectivity index (χ0v) is 23.4. The molecule has 1 saturated heterocycles. The number of carbonyl (C=O) groups excluding carboxylic acids is 1. The number of rotatable bonds is 11. The van der Waals surface area contributed by atoms with Crippen molar-refractivity contribution in [2.45, 2.75) is 24.9 Å². The monoisotopic (exact) mass is 562 g/mol. The average molecular weight is 563 g/mol. The topological polar surface area (TPSA) is 96.2 Å². The van der Waals surface area contributed by atoms with Crippen molar-refractivity contribution in [3.63, 3.8) is 0 Å². The van der Waals surface area contributed by atoms with Gasteiger partial charge >= 0.3 is 0 Å². The van der Waals surface area contributed by atoms with Gasteiger partial charge in [-0.25, -0.2) is 8.42 Å². The van der Waals surface area contributed by atoms with Crippen LogP contribution >= 0.6 is 0 Å². The molecule has 2 aromatic carbocycles. The summed E-state index contributed by atoms with van der Waals surface area (Å²) in [4.78, 5) is 22.2. The number of benzene rings is 2. The third-order valence-electron chi connectivity index (χ3n) is 7.01. The molecule has 0 N–H and O–H groups in total. The van der Waals surface area contributed by atoms with Gasteiger partial charge in [-0.3, -0.25) is 14.7 Å². The van der Waals surface area contributed by atoms with Crippen molar-refractivity contribution in [2.75, 3.05) is 45.9 Å². The van der Waals surface area contributed by atoms with Crippen molar-refractivity contribution >= 4 is 26.8 Å². The van der Waals surface area contributed by atoms with Crippen molar-refractivity contribution in [1.82, 2.24) is 19.1 Å². The number of amides is 1. The third kappa shape index (κ3) is 6.76. The van der Waals surface area contributed by atoms with Crippen molar-refractivity contribution in [2.24, 2.45) is 0 Å². The Hall–Kier alpha value is -3.57. The maximum absolute atomic E-state index is 14.2.